The van der Waals surface area contributed by atoms with Gasteiger partial charge in [-0.15, -0.1) is 0 Å². The third kappa shape index (κ3) is 5.78. The Morgan fingerprint density at radius 2 is 1.73 bits per heavy atom. The van der Waals surface area contributed by atoms with E-state index in [1.807, 2.05) is 4.90 Å². The molecule has 1 heterocycles. The van der Waals surface area contributed by atoms with Gasteiger partial charge in [0.2, 0.25) is 5.91 Å². The van der Waals surface area contributed by atoms with Gasteiger partial charge >= 0.3 is 0 Å². The maximum absolute atomic E-state index is 13.9. The van der Waals surface area contributed by atoms with Crippen molar-refractivity contribution in [2.75, 3.05) is 13.1 Å². The largest absolute Gasteiger partial charge is 0.352 e. The first-order chi connectivity index (χ1) is 14.3. The maximum Gasteiger partial charge on any atom is 0.220 e. The Bertz CT molecular complexity index is 905. The van der Waals surface area contributed by atoms with E-state index in [0.29, 0.717) is 25.1 Å². The van der Waals surface area contributed by atoms with Crippen LogP contribution in [0.1, 0.15) is 36.8 Å². The molecule has 0 aromatic heterocycles. The van der Waals surface area contributed by atoms with Crippen LogP contribution in [0.25, 0.3) is 0 Å². The molecule has 1 N–H and O–H groups in total. The number of halogens is 5. The monoisotopic (exact) mass is 426 g/mol. The Balaban J connectivity index is 1.46. The van der Waals surface area contributed by atoms with Crippen molar-refractivity contribution < 1.29 is 26.7 Å². The minimum Gasteiger partial charge on any atom is -0.352 e. The minimum absolute atomic E-state index is 0.0196. The molecule has 0 saturated carbocycles. The van der Waals surface area contributed by atoms with E-state index in [-0.39, 0.29) is 36.9 Å². The van der Waals surface area contributed by atoms with Crippen LogP contribution in [0.3, 0.4) is 0 Å². The number of carbonyl (C=O) groups excluding carboxylic acids is 1. The summed E-state index contributed by atoms with van der Waals surface area (Å²) in [5, 5.41) is 2.67. The number of amides is 1. The van der Waals surface area contributed by atoms with Crippen LogP contribution in [0.4, 0.5) is 22.0 Å². The standard InChI is InChI=1S/C22H23F5N2O/c23-17-6-7-19(25)22(27)16(17)13-29-9-1-2-14(12-29)4-8-21(30)28-11-15-3-5-18(24)20(26)10-15/h3,5-7,10,14H,1-2,4,8-9,11-13H2,(H,28,30)/t14-/m0/s1. The molecule has 1 saturated heterocycles. The number of hydrogen-bond donors (Lipinski definition) is 1. The Kier molecular flexibility index (Phi) is 7.42. The SMILES string of the molecule is O=C(CC[C@@H]1CCCN(Cc2c(F)ccc(F)c2F)C1)NCc1ccc(F)c(F)c1. The van der Waals surface area contributed by atoms with Gasteiger partial charge in [0.1, 0.15) is 5.82 Å². The highest BCUT2D eigenvalue weighted by Crippen LogP contribution is 2.25. The van der Waals surface area contributed by atoms with Crippen molar-refractivity contribution in [1.82, 2.24) is 10.2 Å². The number of rotatable bonds is 7. The smallest absolute Gasteiger partial charge is 0.220 e. The first-order valence-corrected chi connectivity index (χ1v) is 9.89. The van der Waals surface area contributed by atoms with Crippen LogP contribution in [0.2, 0.25) is 0 Å². The highest BCUT2D eigenvalue weighted by molar-refractivity contribution is 5.75. The topological polar surface area (TPSA) is 32.3 Å². The van der Waals surface area contributed by atoms with Gasteiger partial charge in [0.25, 0.3) is 0 Å². The summed E-state index contributed by atoms with van der Waals surface area (Å²) in [6.07, 6.45) is 2.56. The lowest BCUT2D eigenvalue weighted by Gasteiger charge is -2.32. The van der Waals surface area contributed by atoms with Crippen molar-refractivity contribution in [1.29, 1.82) is 0 Å². The second-order valence-electron chi connectivity index (χ2n) is 7.63. The summed E-state index contributed by atoms with van der Waals surface area (Å²) in [5.74, 6) is -4.94. The van der Waals surface area contributed by atoms with E-state index in [0.717, 1.165) is 37.1 Å². The van der Waals surface area contributed by atoms with Gasteiger partial charge < -0.3 is 5.32 Å². The molecule has 1 atom stereocenters. The summed E-state index contributed by atoms with van der Waals surface area (Å²) in [6, 6.07) is 5.15. The first-order valence-electron chi connectivity index (χ1n) is 9.89. The van der Waals surface area contributed by atoms with Gasteiger partial charge in [-0.25, -0.2) is 22.0 Å². The lowest BCUT2D eigenvalue weighted by atomic mass is 9.93. The number of nitrogens with zero attached hydrogens (tertiary/aromatic N) is 1. The first kappa shape index (κ1) is 22.2. The Labute approximate surface area is 171 Å². The molecule has 1 fully saturated rings. The van der Waals surface area contributed by atoms with Gasteiger partial charge in [-0.05, 0) is 61.6 Å². The van der Waals surface area contributed by atoms with Crippen LogP contribution in [0, 0.1) is 35.0 Å². The summed E-state index contributed by atoms with van der Waals surface area (Å²) in [4.78, 5) is 13.9. The van der Waals surface area contributed by atoms with E-state index in [2.05, 4.69) is 5.32 Å². The fraction of sp³-hybridized carbons (Fsp3) is 0.409. The number of hydrogen-bond acceptors (Lipinski definition) is 2. The fourth-order valence-electron chi connectivity index (χ4n) is 3.74. The normalized spacial score (nSPS) is 17.2. The van der Waals surface area contributed by atoms with Crippen LogP contribution in [-0.2, 0) is 17.9 Å². The van der Waals surface area contributed by atoms with Crippen molar-refractivity contribution in [3.05, 3.63) is 70.5 Å². The van der Waals surface area contributed by atoms with Gasteiger partial charge in [0.05, 0.1) is 0 Å². The zero-order valence-corrected chi connectivity index (χ0v) is 16.4. The van der Waals surface area contributed by atoms with Gasteiger partial charge in [-0.2, -0.15) is 0 Å². The van der Waals surface area contributed by atoms with Gasteiger partial charge in [-0.3, -0.25) is 9.69 Å². The van der Waals surface area contributed by atoms with E-state index in [9.17, 15) is 26.7 Å². The molecule has 0 radical (unpaired) electrons. The van der Waals surface area contributed by atoms with E-state index < -0.39 is 29.1 Å². The number of nitrogens with one attached hydrogen (secondary N) is 1. The average Bonchev–Trinajstić information content (AvgIpc) is 2.73. The second kappa shape index (κ2) is 10.0. The molecule has 162 valence electrons. The van der Waals surface area contributed by atoms with Crippen LogP contribution in [-0.4, -0.2) is 23.9 Å². The predicted octanol–water partition coefficient (Wildman–Crippen LogP) is 4.69. The molecule has 30 heavy (non-hydrogen) atoms. The average molecular weight is 426 g/mol. The highest BCUT2D eigenvalue weighted by Gasteiger charge is 2.23. The van der Waals surface area contributed by atoms with E-state index in [1.54, 1.807) is 0 Å². The lowest BCUT2D eigenvalue weighted by Crippen LogP contribution is -2.36. The van der Waals surface area contributed by atoms with Gasteiger partial charge in [0, 0.05) is 31.6 Å². The van der Waals surface area contributed by atoms with Crippen molar-refractivity contribution in [3.8, 4) is 0 Å². The minimum atomic E-state index is -1.16. The second-order valence-corrected chi connectivity index (χ2v) is 7.63. The molecule has 2 aromatic rings. The molecule has 0 spiro atoms. The maximum atomic E-state index is 13.9. The third-order valence-corrected chi connectivity index (χ3v) is 5.38. The van der Waals surface area contributed by atoms with Crippen LogP contribution >= 0.6 is 0 Å². The number of piperidine rings is 1. The molecule has 0 bridgehead atoms. The molecule has 2 aromatic carbocycles. The van der Waals surface area contributed by atoms with Crippen molar-refractivity contribution in [2.45, 2.75) is 38.8 Å². The van der Waals surface area contributed by atoms with Crippen molar-refractivity contribution in [2.24, 2.45) is 5.92 Å². The van der Waals surface area contributed by atoms with E-state index >= 15 is 0 Å². The molecule has 3 rings (SSSR count). The number of benzene rings is 2. The molecule has 1 amide bonds. The summed E-state index contributed by atoms with van der Waals surface area (Å²) in [5.41, 5.74) is 0.185. The number of likely N-dealkylation sites (tertiary alicyclic amines) is 1. The zero-order chi connectivity index (χ0) is 21.7. The predicted molar refractivity (Wildman–Crippen MR) is 102 cm³/mol. The highest BCUT2D eigenvalue weighted by atomic mass is 19.2. The van der Waals surface area contributed by atoms with Gasteiger partial charge in [-0.1, -0.05) is 6.07 Å². The summed E-state index contributed by atoms with van der Waals surface area (Å²) in [7, 11) is 0. The summed E-state index contributed by atoms with van der Waals surface area (Å²) < 4.78 is 67.3. The number of carbonyl (C=O) groups is 1. The zero-order valence-electron chi connectivity index (χ0n) is 16.4. The molecular formula is C22H23F5N2O. The summed E-state index contributed by atoms with van der Waals surface area (Å²) >= 11 is 0. The molecule has 3 nitrogen and oxygen atoms in total. The van der Waals surface area contributed by atoms with E-state index in [4.69, 9.17) is 0 Å². The van der Waals surface area contributed by atoms with Crippen LogP contribution < -0.4 is 5.32 Å². The third-order valence-electron chi connectivity index (χ3n) is 5.38. The Hall–Kier alpha value is -2.48. The lowest BCUT2D eigenvalue weighted by molar-refractivity contribution is -0.121. The van der Waals surface area contributed by atoms with Gasteiger partial charge in [0.15, 0.2) is 23.3 Å². The molecule has 0 aliphatic carbocycles. The molecule has 0 unspecified atom stereocenters. The van der Waals surface area contributed by atoms with Crippen molar-refractivity contribution >= 4 is 5.91 Å². The Morgan fingerprint density at radius 3 is 2.50 bits per heavy atom. The van der Waals surface area contributed by atoms with E-state index in [1.165, 1.54) is 6.07 Å². The van der Waals surface area contributed by atoms with Crippen molar-refractivity contribution in [3.63, 3.8) is 0 Å². The van der Waals surface area contributed by atoms with Crippen LogP contribution in [0.15, 0.2) is 30.3 Å². The summed E-state index contributed by atoms with van der Waals surface area (Å²) in [6.45, 7) is 1.29. The molecular weight excluding hydrogens is 403 g/mol. The van der Waals surface area contributed by atoms with Crippen LogP contribution in [0.5, 0.6) is 0 Å². The quantitative estimate of drug-likeness (QED) is 0.515. The molecule has 1 aliphatic heterocycles. The molecule has 1 aliphatic rings. The fourth-order valence-corrected chi connectivity index (χ4v) is 3.74. The molecule has 8 heteroatoms. The Morgan fingerprint density at radius 1 is 1.00 bits per heavy atom.